The number of ether oxygens (including phenoxy) is 2. The first kappa shape index (κ1) is 23.4. The number of aromatic nitrogens is 4. The number of fused-ring (bicyclic) bond motifs is 1. The van der Waals surface area contributed by atoms with Crippen molar-refractivity contribution in [2.24, 2.45) is 0 Å². The van der Waals surface area contributed by atoms with Crippen molar-refractivity contribution in [3.8, 4) is 11.6 Å². The molecule has 0 atom stereocenters. The van der Waals surface area contributed by atoms with Crippen LogP contribution < -0.4 is 20.8 Å². The molecule has 36 heavy (non-hydrogen) atoms. The van der Waals surface area contributed by atoms with Crippen LogP contribution in [-0.2, 0) is 12.3 Å². The van der Waals surface area contributed by atoms with E-state index in [0.29, 0.717) is 39.2 Å². The summed E-state index contributed by atoms with van der Waals surface area (Å²) in [6.45, 7) is 0.797. The van der Waals surface area contributed by atoms with E-state index in [4.69, 9.17) is 24.6 Å². The average Bonchev–Trinajstić information content (AvgIpc) is 3.41. The second-order valence-corrected chi connectivity index (χ2v) is 8.71. The molecule has 3 aromatic heterocycles. The minimum absolute atomic E-state index is 0.141. The Morgan fingerprint density at radius 1 is 0.972 bits per heavy atom. The largest absolute Gasteiger partial charge is 0.490 e. The second-order valence-electron chi connectivity index (χ2n) is 7.77. The van der Waals surface area contributed by atoms with Gasteiger partial charge < -0.3 is 19.6 Å². The van der Waals surface area contributed by atoms with E-state index in [1.165, 1.54) is 18.0 Å². The maximum Gasteiger partial charge on any atom is 0.262 e. The number of nitrogens with zero attached hydrogens (tertiary/aromatic N) is 4. The van der Waals surface area contributed by atoms with E-state index < -0.39 is 0 Å². The third kappa shape index (κ3) is 5.66. The molecule has 2 N–H and O–H groups in total. The van der Waals surface area contributed by atoms with E-state index in [0.717, 1.165) is 5.56 Å². The molecular formula is C26H23N5O4S. The van der Waals surface area contributed by atoms with E-state index in [1.807, 2.05) is 24.3 Å². The summed E-state index contributed by atoms with van der Waals surface area (Å²) in [5.41, 5.74) is 7.15. The van der Waals surface area contributed by atoms with Crippen LogP contribution in [0.2, 0.25) is 0 Å². The summed E-state index contributed by atoms with van der Waals surface area (Å²) in [6, 6.07) is 20.6. The van der Waals surface area contributed by atoms with Crippen LogP contribution in [0.15, 0.2) is 93.6 Å². The van der Waals surface area contributed by atoms with Gasteiger partial charge in [0.15, 0.2) is 5.16 Å². The highest BCUT2D eigenvalue weighted by Gasteiger charge is 2.14. The van der Waals surface area contributed by atoms with Crippen molar-refractivity contribution in [1.82, 2.24) is 19.5 Å². The Hall–Kier alpha value is -4.31. The number of thioether (sulfide) groups is 1. The number of hydrogen-bond donors (Lipinski definition) is 1. The Morgan fingerprint density at radius 2 is 1.83 bits per heavy atom. The van der Waals surface area contributed by atoms with Crippen LogP contribution in [0.3, 0.4) is 0 Å². The van der Waals surface area contributed by atoms with Gasteiger partial charge in [-0.05, 0) is 35.9 Å². The zero-order valence-corrected chi connectivity index (χ0v) is 20.1. The van der Waals surface area contributed by atoms with Gasteiger partial charge in [-0.2, -0.15) is 4.98 Å². The molecule has 0 spiro atoms. The molecule has 0 fully saturated rings. The lowest BCUT2D eigenvalue weighted by atomic mass is 10.2. The fraction of sp³-hybridized carbons (Fsp3) is 0.154. The molecule has 0 radical (unpaired) electrons. The highest BCUT2D eigenvalue weighted by atomic mass is 32.2. The fourth-order valence-corrected chi connectivity index (χ4v) is 4.50. The summed E-state index contributed by atoms with van der Waals surface area (Å²) in [6.07, 6.45) is 3.12. The van der Waals surface area contributed by atoms with Crippen molar-refractivity contribution < 1.29 is 13.9 Å². The lowest BCUT2D eigenvalue weighted by Gasteiger charge is -2.13. The molecule has 0 aliphatic carbocycles. The first-order valence-corrected chi connectivity index (χ1v) is 12.2. The molecule has 9 nitrogen and oxygen atoms in total. The Kier molecular flexibility index (Phi) is 7.13. The molecule has 0 saturated heterocycles. The normalized spacial score (nSPS) is 11.0. The van der Waals surface area contributed by atoms with Crippen molar-refractivity contribution in [3.63, 3.8) is 0 Å². The van der Waals surface area contributed by atoms with Gasteiger partial charge in [-0.25, -0.2) is 9.97 Å². The van der Waals surface area contributed by atoms with Crippen LogP contribution in [0, 0.1) is 0 Å². The number of hydrogen-bond acceptors (Lipinski definition) is 9. The van der Waals surface area contributed by atoms with E-state index in [1.54, 1.807) is 41.2 Å². The first-order valence-electron chi connectivity index (χ1n) is 11.2. The number of nitrogen functional groups attached to an aromatic ring is 1. The molecule has 0 bridgehead atoms. The lowest BCUT2D eigenvalue weighted by molar-refractivity contribution is 0.212. The molecule has 0 aliphatic rings. The third-order valence-electron chi connectivity index (χ3n) is 5.25. The maximum absolute atomic E-state index is 13.5. The van der Waals surface area contributed by atoms with Crippen molar-refractivity contribution >= 4 is 28.6 Å². The summed E-state index contributed by atoms with van der Waals surface area (Å²) in [7, 11) is 0. The van der Waals surface area contributed by atoms with Gasteiger partial charge in [-0.15, -0.1) is 0 Å². The number of anilines is 1. The van der Waals surface area contributed by atoms with Crippen LogP contribution in [0.4, 0.5) is 5.95 Å². The lowest BCUT2D eigenvalue weighted by Crippen LogP contribution is -2.24. The van der Waals surface area contributed by atoms with Crippen LogP contribution in [0.1, 0.15) is 11.3 Å². The predicted octanol–water partition coefficient (Wildman–Crippen LogP) is 4.16. The van der Waals surface area contributed by atoms with Crippen molar-refractivity contribution in [1.29, 1.82) is 0 Å². The molecule has 182 valence electrons. The molecule has 0 amide bonds. The Morgan fingerprint density at radius 3 is 2.64 bits per heavy atom. The van der Waals surface area contributed by atoms with E-state index in [-0.39, 0.29) is 31.3 Å². The average molecular weight is 502 g/mol. The van der Waals surface area contributed by atoms with E-state index in [2.05, 4.69) is 22.1 Å². The fourth-order valence-electron chi connectivity index (χ4n) is 3.54. The topological polar surface area (TPSA) is 118 Å². The summed E-state index contributed by atoms with van der Waals surface area (Å²) in [4.78, 5) is 26.1. The molecule has 5 rings (SSSR count). The monoisotopic (exact) mass is 501 g/mol. The summed E-state index contributed by atoms with van der Waals surface area (Å²) < 4.78 is 18.5. The highest BCUT2D eigenvalue weighted by Crippen LogP contribution is 2.25. The highest BCUT2D eigenvalue weighted by molar-refractivity contribution is 7.98. The van der Waals surface area contributed by atoms with Gasteiger partial charge >= 0.3 is 0 Å². The van der Waals surface area contributed by atoms with Gasteiger partial charge in [0.05, 0.1) is 23.7 Å². The van der Waals surface area contributed by atoms with Crippen LogP contribution in [0.5, 0.6) is 11.6 Å². The third-order valence-corrected chi connectivity index (χ3v) is 6.29. The first-order chi connectivity index (χ1) is 17.7. The quantitative estimate of drug-likeness (QED) is 0.171. The van der Waals surface area contributed by atoms with Crippen molar-refractivity contribution in [3.05, 3.63) is 101 Å². The standard InChI is InChI=1S/C26H23N5O4S/c27-25-28-11-10-23(30-25)35-14-13-34-19-8-9-22-21(15-19)24(32)31(16-20-7-4-12-33-20)26(29-22)36-17-18-5-2-1-3-6-18/h1-12,15H,13-14,16-17H2,(H2,27,28,30). The molecular weight excluding hydrogens is 478 g/mol. The van der Waals surface area contributed by atoms with Crippen LogP contribution in [-0.4, -0.2) is 32.7 Å². The smallest absolute Gasteiger partial charge is 0.262 e. The molecule has 10 heteroatoms. The van der Waals surface area contributed by atoms with E-state index in [9.17, 15) is 4.79 Å². The molecule has 0 saturated carbocycles. The minimum atomic E-state index is -0.162. The van der Waals surface area contributed by atoms with Gasteiger partial charge in [0.1, 0.15) is 24.7 Å². The van der Waals surface area contributed by atoms with Gasteiger partial charge in [0.25, 0.3) is 5.56 Å². The molecule has 3 heterocycles. The number of rotatable bonds is 10. The zero-order chi connectivity index (χ0) is 24.7. The SMILES string of the molecule is Nc1nccc(OCCOc2ccc3nc(SCc4ccccc4)n(Cc4ccco4)c(=O)c3c2)n1. The Bertz CT molecular complexity index is 1510. The maximum atomic E-state index is 13.5. The second kappa shape index (κ2) is 11.0. The van der Waals surface area contributed by atoms with Crippen LogP contribution >= 0.6 is 11.8 Å². The van der Waals surface area contributed by atoms with Crippen LogP contribution in [0.25, 0.3) is 10.9 Å². The molecule has 0 aliphatic heterocycles. The van der Waals surface area contributed by atoms with Gasteiger partial charge in [0.2, 0.25) is 11.8 Å². The van der Waals surface area contributed by atoms with Gasteiger partial charge in [-0.1, -0.05) is 42.1 Å². The van der Waals surface area contributed by atoms with E-state index >= 15 is 0 Å². The Labute approximate surface area is 210 Å². The summed E-state index contributed by atoms with van der Waals surface area (Å²) in [5.74, 6) is 2.42. The number of nitrogens with two attached hydrogens (primary N) is 1. The van der Waals surface area contributed by atoms with Crippen molar-refractivity contribution in [2.75, 3.05) is 18.9 Å². The zero-order valence-electron chi connectivity index (χ0n) is 19.2. The number of furan rings is 1. The Balaban J connectivity index is 1.36. The van der Waals surface area contributed by atoms with Crippen molar-refractivity contribution in [2.45, 2.75) is 17.5 Å². The number of benzene rings is 2. The molecule has 5 aromatic rings. The van der Waals surface area contributed by atoms with Gasteiger partial charge in [-0.3, -0.25) is 9.36 Å². The predicted molar refractivity (Wildman–Crippen MR) is 137 cm³/mol. The summed E-state index contributed by atoms with van der Waals surface area (Å²) >= 11 is 1.51. The van der Waals surface area contributed by atoms with Gasteiger partial charge in [0, 0.05) is 18.0 Å². The molecule has 0 unspecified atom stereocenters. The molecule has 2 aromatic carbocycles. The minimum Gasteiger partial charge on any atom is -0.490 e. The summed E-state index contributed by atoms with van der Waals surface area (Å²) in [5, 5.41) is 1.09.